The molecular weight excluding hydrogens is 284 g/mol. The Morgan fingerprint density at radius 3 is 2.86 bits per heavy atom. The number of hydrogen-bond donors (Lipinski definition) is 3. The summed E-state index contributed by atoms with van der Waals surface area (Å²) in [7, 11) is 0. The summed E-state index contributed by atoms with van der Waals surface area (Å²) >= 11 is 0. The Labute approximate surface area is 127 Å². The van der Waals surface area contributed by atoms with E-state index in [9.17, 15) is 14.4 Å². The third-order valence-electron chi connectivity index (χ3n) is 4.00. The van der Waals surface area contributed by atoms with Gasteiger partial charge in [0.25, 0.3) is 5.91 Å². The van der Waals surface area contributed by atoms with Gasteiger partial charge in [0.05, 0.1) is 0 Å². The highest BCUT2D eigenvalue weighted by Crippen LogP contribution is 2.29. The van der Waals surface area contributed by atoms with Crippen LogP contribution >= 0.6 is 0 Å². The molecule has 22 heavy (non-hydrogen) atoms. The normalized spacial score (nSPS) is 20.9. The van der Waals surface area contributed by atoms with Crippen LogP contribution < -0.4 is 16.4 Å². The van der Waals surface area contributed by atoms with Crippen LogP contribution in [0, 0.1) is 0 Å². The first kappa shape index (κ1) is 14.5. The fraction of sp³-hybridized carbons (Fsp3) is 0.400. The van der Waals surface area contributed by atoms with Crippen molar-refractivity contribution in [1.29, 1.82) is 0 Å². The van der Waals surface area contributed by atoms with Gasteiger partial charge in [0.15, 0.2) is 0 Å². The number of hydrogen-bond acceptors (Lipinski definition) is 5. The van der Waals surface area contributed by atoms with Crippen LogP contribution in [0.1, 0.15) is 28.8 Å². The van der Waals surface area contributed by atoms with Crippen LogP contribution in [-0.4, -0.2) is 41.8 Å². The van der Waals surface area contributed by atoms with Crippen molar-refractivity contribution in [3.05, 3.63) is 29.3 Å². The number of anilines is 1. The van der Waals surface area contributed by atoms with E-state index in [1.807, 2.05) is 12.1 Å². The van der Waals surface area contributed by atoms with E-state index in [-0.39, 0.29) is 24.1 Å². The summed E-state index contributed by atoms with van der Waals surface area (Å²) in [4.78, 5) is 37.2. The van der Waals surface area contributed by atoms with E-state index in [1.165, 1.54) is 0 Å². The van der Waals surface area contributed by atoms with Crippen molar-refractivity contribution in [2.75, 3.05) is 18.4 Å². The lowest BCUT2D eigenvalue weighted by molar-refractivity contribution is -0.136. The number of carbonyl (C=O) groups is 3. The highest BCUT2D eigenvalue weighted by atomic mass is 16.2. The Hall–Kier alpha value is -2.41. The number of fused-ring (bicyclic) bond motifs is 1. The molecular formula is C15H18N4O3. The average Bonchev–Trinajstić information content (AvgIpc) is 2.82. The molecule has 0 radical (unpaired) electrons. The van der Waals surface area contributed by atoms with Crippen molar-refractivity contribution >= 4 is 23.4 Å². The van der Waals surface area contributed by atoms with Gasteiger partial charge in [-0.2, -0.15) is 0 Å². The van der Waals surface area contributed by atoms with Crippen molar-refractivity contribution in [3.63, 3.8) is 0 Å². The van der Waals surface area contributed by atoms with Crippen LogP contribution in [0.15, 0.2) is 18.2 Å². The molecule has 7 nitrogen and oxygen atoms in total. The minimum atomic E-state index is -0.571. The van der Waals surface area contributed by atoms with Crippen molar-refractivity contribution in [3.8, 4) is 0 Å². The Bertz CT molecular complexity index is 644. The zero-order valence-corrected chi connectivity index (χ0v) is 12.1. The van der Waals surface area contributed by atoms with Crippen molar-refractivity contribution in [1.82, 2.24) is 10.2 Å². The highest BCUT2D eigenvalue weighted by molar-refractivity contribution is 6.05. The largest absolute Gasteiger partial charge is 0.384 e. The number of nitrogens with one attached hydrogen (secondary N) is 2. The molecule has 7 heteroatoms. The van der Waals surface area contributed by atoms with Gasteiger partial charge in [0, 0.05) is 37.3 Å². The van der Waals surface area contributed by atoms with Gasteiger partial charge in [-0.05, 0) is 30.2 Å². The molecule has 0 aliphatic carbocycles. The molecule has 1 aromatic carbocycles. The van der Waals surface area contributed by atoms with Crippen LogP contribution in [0.25, 0.3) is 0 Å². The van der Waals surface area contributed by atoms with E-state index < -0.39 is 6.04 Å². The van der Waals surface area contributed by atoms with Gasteiger partial charge in [0.2, 0.25) is 11.8 Å². The number of carbonyl (C=O) groups excluding carboxylic acids is 3. The standard InChI is InChI=1S/C15H18N4O3/c16-5-6-17-10-1-2-11-9(7-10)8-19(15(11)22)12-3-4-13(20)18-14(12)21/h1-2,7,12,17H,3-6,8,16H2,(H,18,20,21). The zero-order chi connectivity index (χ0) is 15.7. The topological polar surface area (TPSA) is 105 Å². The van der Waals surface area contributed by atoms with E-state index in [4.69, 9.17) is 5.73 Å². The number of piperidine rings is 1. The Kier molecular flexibility index (Phi) is 3.81. The van der Waals surface area contributed by atoms with Gasteiger partial charge in [-0.1, -0.05) is 0 Å². The van der Waals surface area contributed by atoms with Gasteiger partial charge in [0.1, 0.15) is 6.04 Å². The smallest absolute Gasteiger partial charge is 0.255 e. The lowest BCUT2D eigenvalue weighted by atomic mass is 10.0. The fourth-order valence-electron chi connectivity index (χ4n) is 2.90. The number of benzene rings is 1. The first-order chi connectivity index (χ1) is 10.6. The molecule has 2 aliphatic rings. The zero-order valence-electron chi connectivity index (χ0n) is 12.1. The molecule has 116 valence electrons. The van der Waals surface area contributed by atoms with Crippen LogP contribution in [-0.2, 0) is 16.1 Å². The average molecular weight is 302 g/mol. The number of amides is 3. The van der Waals surface area contributed by atoms with Crippen LogP contribution in [0.5, 0.6) is 0 Å². The number of rotatable bonds is 4. The molecule has 2 aliphatic heterocycles. The second-order valence-corrected chi connectivity index (χ2v) is 5.49. The summed E-state index contributed by atoms with van der Waals surface area (Å²) in [5.74, 6) is -0.826. The second-order valence-electron chi connectivity index (χ2n) is 5.49. The molecule has 0 aromatic heterocycles. The minimum Gasteiger partial charge on any atom is -0.384 e. The van der Waals surface area contributed by atoms with E-state index in [0.29, 0.717) is 31.6 Å². The highest BCUT2D eigenvalue weighted by Gasteiger charge is 2.38. The molecule has 1 aromatic rings. The number of imide groups is 1. The molecule has 0 spiro atoms. The maximum atomic E-state index is 12.5. The number of nitrogens with zero attached hydrogens (tertiary/aromatic N) is 1. The molecule has 4 N–H and O–H groups in total. The molecule has 1 atom stereocenters. The van der Waals surface area contributed by atoms with Gasteiger partial charge < -0.3 is 16.0 Å². The molecule has 1 saturated heterocycles. The predicted molar refractivity (Wildman–Crippen MR) is 80.0 cm³/mol. The fourth-order valence-corrected chi connectivity index (χ4v) is 2.90. The Morgan fingerprint density at radius 2 is 2.14 bits per heavy atom. The Morgan fingerprint density at radius 1 is 1.32 bits per heavy atom. The molecule has 0 saturated carbocycles. The first-order valence-electron chi connectivity index (χ1n) is 7.31. The van der Waals surface area contributed by atoms with Crippen LogP contribution in [0.2, 0.25) is 0 Å². The maximum Gasteiger partial charge on any atom is 0.255 e. The van der Waals surface area contributed by atoms with E-state index >= 15 is 0 Å². The summed E-state index contributed by atoms with van der Waals surface area (Å²) in [6, 6.07) is 4.94. The van der Waals surface area contributed by atoms with Crippen molar-refractivity contribution < 1.29 is 14.4 Å². The van der Waals surface area contributed by atoms with Gasteiger partial charge in [-0.25, -0.2) is 0 Å². The summed E-state index contributed by atoms with van der Waals surface area (Å²) in [6.07, 6.45) is 0.641. The van der Waals surface area contributed by atoms with Gasteiger partial charge in [-0.15, -0.1) is 0 Å². The molecule has 3 amide bonds. The van der Waals surface area contributed by atoms with Crippen LogP contribution in [0.3, 0.4) is 0 Å². The lowest BCUT2D eigenvalue weighted by Gasteiger charge is -2.29. The second kappa shape index (κ2) is 5.76. The summed E-state index contributed by atoms with van der Waals surface area (Å²) in [5.41, 5.74) is 7.86. The van der Waals surface area contributed by atoms with Crippen LogP contribution in [0.4, 0.5) is 5.69 Å². The molecule has 2 heterocycles. The number of nitrogens with two attached hydrogens (primary N) is 1. The minimum absolute atomic E-state index is 0.158. The quantitative estimate of drug-likeness (QED) is 0.669. The summed E-state index contributed by atoms with van der Waals surface area (Å²) < 4.78 is 0. The maximum absolute atomic E-state index is 12.5. The third kappa shape index (κ3) is 2.55. The van der Waals surface area contributed by atoms with Gasteiger partial charge >= 0.3 is 0 Å². The molecule has 1 fully saturated rings. The Balaban J connectivity index is 1.78. The monoisotopic (exact) mass is 302 g/mol. The lowest BCUT2D eigenvalue weighted by Crippen LogP contribution is -2.52. The molecule has 3 rings (SSSR count). The first-order valence-corrected chi connectivity index (χ1v) is 7.31. The SMILES string of the molecule is NCCNc1ccc2c(c1)CN(C1CCC(=O)NC1=O)C2=O. The van der Waals surface area contributed by atoms with Gasteiger partial charge in [-0.3, -0.25) is 19.7 Å². The molecule has 0 bridgehead atoms. The van der Waals surface area contributed by atoms with Crippen molar-refractivity contribution in [2.45, 2.75) is 25.4 Å². The predicted octanol–water partition coefficient (Wildman–Crippen LogP) is -0.182. The third-order valence-corrected chi connectivity index (χ3v) is 4.00. The van der Waals surface area contributed by atoms with E-state index in [0.717, 1.165) is 11.3 Å². The van der Waals surface area contributed by atoms with E-state index in [2.05, 4.69) is 10.6 Å². The van der Waals surface area contributed by atoms with Crippen molar-refractivity contribution in [2.24, 2.45) is 5.73 Å². The summed E-state index contributed by atoms with van der Waals surface area (Å²) in [5, 5.41) is 5.46. The van der Waals surface area contributed by atoms with E-state index in [1.54, 1.807) is 11.0 Å². The summed E-state index contributed by atoms with van der Waals surface area (Å²) in [6.45, 7) is 1.57. The molecule has 1 unspecified atom stereocenters.